The van der Waals surface area contributed by atoms with Crippen LogP contribution in [0.15, 0.2) is 36.5 Å². The molecule has 3 rings (SSSR count). The Bertz CT molecular complexity index is 791. The summed E-state index contributed by atoms with van der Waals surface area (Å²) in [6.07, 6.45) is 1.82. The number of amides is 3. The summed E-state index contributed by atoms with van der Waals surface area (Å²) in [5.74, 6) is -0.137. The third-order valence-corrected chi connectivity index (χ3v) is 3.74. The van der Waals surface area contributed by atoms with E-state index >= 15 is 0 Å². The van der Waals surface area contributed by atoms with Gasteiger partial charge in [0.1, 0.15) is 0 Å². The van der Waals surface area contributed by atoms with E-state index < -0.39 is 0 Å². The maximum absolute atomic E-state index is 12.3. The molecule has 2 aromatic rings. The van der Waals surface area contributed by atoms with Crippen LogP contribution in [0.4, 0.5) is 16.2 Å². The number of anilines is 2. The standard InChI is InChI=1S/C17H18N4O2/c1-3-18-17(23)20-11-6-7-14-12(9-11)15(16(22)21-14)10(2)13-5-4-8-19-13/h4-9,19H,3H2,1-2H3,(H,21,22)(H2,18,20,23). The Morgan fingerprint density at radius 2 is 2.09 bits per heavy atom. The van der Waals surface area contributed by atoms with E-state index in [1.807, 2.05) is 38.2 Å². The Morgan fingerprint density at radius 1 is 1.26 bits per heavy atom. The molecule has 0 spiro atoms. The summed E-state index contributed by atoms with van der Waals surface area (Å²) >= 11 is 0. The van der Waals surface area contributed by atoms with E-state index in [9.17, 15) is 9.59 Å². The van der Waals surface area contributed by atoms with Crippen molar-refractivity contribution in [2.75, 3.05) is 17.2 Å². The average molecular weight is 310 g/mol. The van der Waals surface area contributed by atoms with Crippen LogP contribution in [0.3, 0.4) is 0 Å². The fourth-order valence-corrected chi connectivity index (χ4v) is 2.65. The van der Waals surface area contributed by atoms with Gasteiger partial charge in [-0.25, -0.2) is 4.79 Å². The molecule has 0 unspecified atom stereocenters. The van der Waals surface area contributed by atoms with Crippen LogP contribution in [-0.4, -0.2) is 23.5 Å². The van der Waals surface area contributed by atoms with Crippen molar-refractivity contribution in [3.63, 3.8) is 0 Å². The van der Waals surface area contributed by atoms with Gasteiger partial charge in [-0.3, -0.25) is 4.79 Å². The monoisotopic (exact) mass is 310 g/mol. The van der Waals surface area contributed by atoms with E-state index in [1.54, 1.807) is 12.1 Å². The highest BCUT2D eigenvalue weighted by Crippen LogP contribution is 2.37. The highest BCUT2D eigenvalue weighted by Gasteiger charge is 2.27. The van der Waals surface area contributed by atoms with Crippen LogP contribution in [0.25, 0.3) is 11.1 Å². The van der Waals surface area contributed by atoms with E-state index in [-0.39, 0.29) is 11.9 Å². The second-order valence-corrected chi connectivity index (χ2v) is 5.28. The van der Waals surface area contributed by atoms with E-state index in [4.69, 9.17) is 0 Å². The zero-order valence-corrected chi connectivity index (χ0v) is 13.0. The number of rotatable bonds is 3. The molecule has 1 aliphatic rings. The van der Waals surface area contributed by atoms with E-state index in [1.165, 1.54) is 0 Å². The van der Waals surface area contributed by atoms with Crippen molar-refractivity contribution in [3.05, 3.63) is 47.8 Å². The molecule has 0 bridgehead atoms. The lowest BCUT2D eigenvalue weighted by Gasteiger charge is -2.08. The summed E-state index contributed by atoms with van der Waals surface area (Å²) in [6.45, 7) is 4.30. The van der Waals surface area contributed by atoms with Gasteiger partial charge in [0, 0.05) is 35.4 Å². The smallest absolute Gasteiger partial charge is 0.319 e. The first kappa shape index (κ1) is 14.9. The van der Waals surface area contributed by atoms with Gasteiger partial charge in [0.15, 0.2) is 0 Å². The fourth-order valence-electron chi connectivity index (χ4n) is 2.65. The Balaban J connectivity index is 2.00. The van der Waals surface area contributed by atoms with Gasteiger partial charge >= 0.3 is 6.03 Å². The summed E-state index contributed by atoms with van der Waals surface area (Å²) in [5, 5.41) is 8.30. The number of benzene rings is 1. The van der Waals surface area contributed by atoms with E-state index in [0.717, 1.165) is 22.5 Å². The van der Waals surface area contributed by atoms with Gasteiger partial charge < -0.3 is 20.9 Å². The summed E-state index contributed by atoms with van der Waals surface area (Å²) in [6, 6.07) is 8.91. The molecule has 1 aliphatic heterocycles. The molecule has 0 atom stereocenters. The Hall–Kier alpha value is -3.02. The molecular weight excluding hydrogens is 292 g/mol. The number of H-pyrrole nitrogens is 1. The number of carbonyl (C=O) groups excluding carboxylic acids is 2. The predicted octanol–water partition coefficient (Wildman–Crippen LogP) is 3.04. The van der Waals surface area contributed by atoms with Gasteiger partial charge in [-0.1, -0.05) is 0 Å². The average Bonchev–Trinajstić information content (AvgIpc) is 3.13. The quantitative estimate of drug-likeness (QED) is 0.657. The van der Waals surface area contributed by atoms with Gasteiger partial charge in [0.2, 0.25) is 0 Å². The zero-order valence-electron chi connectivity index (χ0n) is 13.0. The molecular formula is C17H18N4O2. The fraction of sp³-hybridized carbons (Fsp3) is 0.176. The van der Waals surface area contributed by atoms with Gasteiger partial charge in [-0.05, 0) is 49.8 Å². The number of nitrogens with one attached hydrogen (secondary N) is 4. The largest absolute Gasteiger partial charge is 0.361 e. The van der Waals surface area contributed by atoms with Crippen molar-refractivity contribution in [2.45, 2.75) is 13.8 Å². The molecule has 0 saturated heterocycles. The molecule has 3 amide bonds. The minimum Gasteiger partial charge on any atom is -0.361 e. The Labute approximate surface area is 134 Å². The Kier molecular flexibility index (Phi) is 3.89. The first-order chi connectivity index (χ1) is 11.1. The molecule has 0 saturated carbocycles. The molecule has 1 aromatic heterocycles. The maximum Gasteiger partial charge on any atom is 0.319 e. The summed E-state index contributed by atoms with van der Waals surface area (Å²) in [7, 11) is 0. The molecule has 1 aromatic carbocycles. The van der Waals surface area contributed by atoms with Crippen LogP contribution >= 0.6 is 0 Å². The molecule has 23 heavy (non-hydrogen) atoms. The van der Waals surface area contributed by atoms with Crippen LogP contribution in [0.1, 0.15) is 25.1 Å². The van der Waals surface area contributed by atoms with Crippen molar-refractivity contribution >= 4 is 34.5 Å². The predicted molar refractivity (Wildman–Crippen MR) is 91.0 cm³/mol. The Morgan fingerprint density at radius 3 is 2.78 bits per heavy atom. The van der Waals surface area contributed by atoms with Crippen LogP contribution in [0.5, 0.6) is 0 Å². The third kappa shape index (κ3) is 2.83. The maximum atomic E-state index is 12.3. The van der Waals surface area contributed by atoms with Crippen LogP contribution < -0.4 is 16.0 Å². The molecule has 2 heterocycles. The number of hydrogen-bond donors (Lipinski definition) is 4. The molecule has 118 valence electrons. The minimum absolute atomic E-state index is 0.137. The first-order valence-electron chi connectivity index (χ1n) is 7.45. The van der Waals surface area contributed by atoms with Crippen molar-refractivity contribution in [1.29, 1.82) is 0 Å². The molecule has 4 N–H and O–H groups in total. The lowest BCUT2D eigenvalue weighted by atomic mass is 9.99. The number of fused-ring (bicyclic) bond motifs is 1. The number of aromatic nitrogens is 1. The van der Waals surface area contributed by atoms with E-state index in [2.05, 4.69) is 20.9 Å². The van der Waals surface area contributed by atoms with Crippen molar-refractivity contribution in [1.82, 2.24) is 10.3 Å². The lowest BCUT2D eigenvalue weighted by molar-refractivity contribution is -0.110. The van der Waals surface area contributed by atoms with Crippen LogP contribution in [-0.2, 0) is 4.79 Å². The second kappa shape index (κ2) is 6.00. The number of aromatic amines is 1. The lowest BCUT2D eigenvalue weighted by Crippen LogP contribution is -2.28. The number of hydrogen-bond acceptors (Lipinski definition) is 2. The normalized spacial score (nSPS) is 15.0. The zero-order chi connectivity index (χ0) is 16.4. The second-order valence-electron chi connectivity index (χ2n) is 5.28. The summed E-state index contributed by atoms with van der Waals surface area (Å²) in [5.41, 5.74) is 4.55. The first-order valence-corrected chi connectivity index (χ1v) is 7.45. The van der Waals surface area contributed by atoms with Crippen LogP contribution in [0, 0.1) is 0 Å². The highest BCUT2D eigenvalue weighted by atomic mass is 16.2. The van der Waals surface area contributed by atoms with Gasteiger partial charge in [0.05, 0.1) is 5.57 Å². The SMILES string of the molecule is CCNC(=O)Nc1ccc2c(c1)C(=C(C)c1ccc[nH]1)C(=O)N2. The van der Waals surface area contributed by atoms with E-state index in [0.29, 0.717) is 17.8 Å². The summed E-state index contributed by atoms with van der Waals surface area (Å²) < 4.78 is 0. The highest BCUT2D eigenvalue weighted by molar-refractivity contribution is 6.36. The number of allylic oxidation sites excluding steroid dienone is 1. The summed E-state index contributed by atoms with van der Waals surface area (Å²) in [4.78, 5) is 27.1. The molecule has 6 nitrogen and oxygen atoms in total. The van der Waals surface area contributed by atoms with Gasteiger partial charge in [-0.2, -0.15) is 0 Å². The van der Waals surface area contributed by atoms with Crippen molar-refractivity contribution < 1.29 is 9.59 Å². The van der Waals surface area contributed by atoms with Gasteiger partial charge in [0.25, 0.3) is 5.91 Å². The molecule has 6 heteroatoms. The topological polar surface area (TPSA) is 86.0 Å². The number of carbonyl (C=O) groups is 2. The number of urea groups is 1. The molecule has 0 aliphatic carbocycles. The van der Waals surface area contributed by atoms with Crippen molar-refractivity contribution in [2.24, 2.45) is 0 Å². The third-order valence-electron chi connectivity index (χ3n) is 3.74. The molecule has 0 fully saturated rings. The van der Waals surface area contributed by atoms with Gasteiger partial charge in [-0.15, -0.1) is 0 Å². The minimum atomic E-state index is -0.267. The molecule has 0 radical (unpaired) electrons. The van der Waals surface area contributed by atoms with Crippen LogP contribution in [0.2, 0.25) is 0 Å². The van der Waals surface area contributed by atoms with Crippen molar-refractivity contribution in [3.8, 4) is 0 Å².